The summed E-state index contributed by atoms with van der Waals surface area (Å²) in [5.41, 5.74) is 0. The SMILES string of the molecule is C=CC(=O)OC(COCC)COc1ccc(Oc2ccccc2)cc1. The number of esters is 1. The number of benzene rings is 2. The summed E-state index contributed by atoms with van der Waals surface area (Å²) in [5, 5.41) is 0. The van der Waals surface area contributed by atoms with Crippen LogP contribution in [0.15, 0.2) is 67.3 Å². The Morgan fingerprint density at radius 2 is 1.64 bits per heavy atom. The number of para-hydroxylation sites is 1. The molecule has 0 saturated heterocycles. The molecule has 0 radical (unpaired) electrons. The van der Waals surface area contributed by atoms with E-state index in [0.717, 1.165) is 11.8 Å². The maximum atomic E-state index is 11.3. The molecule has 0 bridgehead atoms. The summed E-state index contributed by atoms with van der Waals surface area (Å²) < 4.78 is 21.9. The normalized spacial score (nSPS) is 11.4. The van der Waals surface area contributed by atoms with Gasteiger partial charge in [-0.2, -0.15) is 0 Å². The minimum Gasteiger partial charge on any atom is -0.490 e. The zero-order valence-electron chi connectivity index (χ0n) is 14.2. The lowest BCUT2D eigenvalue weighted by atomic mass is 10.3. The van der Waals surface area contributed by atoms with Gasteiger partial charge in [0.15, 0.2) is 6.10 Å². The molecule has 1 unspecified atom stereocenters. The van der Waals surface area contributed by atoms with Gasteiger partial charge in [-0.25, -0.2) is 4.79 Å². The van der Waals surface area contributed by atoms with Crippen LogP contribution in [0.25, 0.3) is 0 Å². The molecule has 0 heterocycles. The van der Waals surface area contributed by atoms with E-state index < -0.39 is 12.1 Å². The standard InChI is InChI=1S/C20H22O5/c1-3-20(21)25-19(14-22-4-2)15-23-16-10-12-18(13-11-16)24-17-8-6-5-7-9-17/h3,5-13,19H,1,4,14-15H2,2H3. The van der Waals surface area contributed by atoms with Crippen LogP contribution >= 0.6 is 0 Å². The largest absolute Gasteiger partial charge is 0.490 e. The topological polar surface area (TPSA) is 54.0 Å². The molecule has 2 aromatic carbocycles. The third-order valence-corrected chi connectivity index (χ3v) is 3.20. The van der Waals surface area contributed by atoms with Gasteiger partial charge < -0.3 is 18.9 Å². The van der Waals surface area contributed by atoms with Gasteiger partial charge in [-0.1, -0.05) is 24.8 Å². The molecular weight excluding hydrogens is 320 g/mol. The van der Waals surface area contributed by atoms with E-state index in [-0.39, 0.29) is 13.2 Å². The van der Waals surface area contributed by atoms with E-state index in [2.05, 4.69) is 6.58 Å². The molecule has 2 rings (SSSR count). The van der Waals surface area contributed by atoms with Crippen LogP contribution in [0.5, 0.6) is 17.2 Å². The highest BCUT2D eigenvalue weighted by molar-refractivity contribution is 5.81. The van der Waals surface area contributed by atoms with E-state index in [1.807, 2.05) is 49.4 Å². The van der Waals surface area contributed by atoms with E-state index in [4.69, 9.17) is 18.9 Å². The monoisotopic (exact) mass is 342 g/mol. The zero-order chi connectivity index (χ0) is 17.9. The van der Waals surface area contributed by atoms with Crippen molar-refractivity contribution in [2.75, 3.05) is 19.8 Å². The smallest absolute Gasteiger partial charge is 0.330 e. The van der Waals surface area contributed by atoms with Crippen molar-refractivity contribution in [3.8, 4) is 17.2 Å². The summed E-state index contributed by atoms with van der Waals surface area (Å²) in [4.78, 5) is 11.3. The molecule has 0 saturated carbocycles. The fraction of sp³-hybridized carbons (Fsp3) is 0.250. The molecule has 0 spiro atoms. The van der Waals surface area contributed by atoms with E-state index in [9.17, 15) is 4.79 Å². The van der Waals surface area contributed by atoms with Gasteiger partial charge in [0, 0.05) is 12.7 Å². The van der Waals surface area contributed by atoms with Crippen LogP contribution < -0.4 is 9.47 Å². The van der Waals surface area contributed by atoms with Crippen LogP contribution in [0.4, 0.5) is 0 Å². The molecule has 0 fully saturated rings. The Labute approximate surface area is 147 Å². The fourth-order valence-electron chi connectivity index (χ4n) is 2.00. The van der Waals surface area contributed by atoms with Crippen molar-refractivity contribution in [1.82, 2.24) is 0 Å². The predicted octanol–water partition coefficient (Wildman–Crippen LogP) is 3.99. The van der Waals surface area contributed by atoms with Crippen LogP contribution in [0, 0.1) is 0 Å². The average Bonchev–Trinajstić information content (AvgIpc) is 2.65. The Hall–Kier alpha value is -2.79. The molecule has 1 atom stereocenters. The van der Waals surface area contributed by atoms with Crippen LogP contribution in [0.3, 0.4) is 0 Å². The quantitative estimate of drug-likeness (QED) is 0.483. The van der Waals surface area contributed by atoms with E-state index in [0.29, 0.717) is 18.1 Å². The molecule has 0 N–H and O–H groups in total. The van der Waals surface area contributed by atoms with Gasteiger partial charge >= 0.3 is 5.97 Å². The zero-order valence-corrected chi connectivity index (χ0v) is 14.2. The Morgan fingerprint density at radius 1 is 1.00 bits per heavy atom. The van der Waals surface area contributed by atoms with Gasteiger partial charge in [-0.15, -0.1) is 0 Å². The second-order valence-corrected chi connectivity index (χ2v) is 5.12. The Balaban J connectivity index is 1.88. The van der Waals surface area contributed by atoms with Crippen molar-refractivity contribution in [3.63, 3.8) is 0 Å². The lowest BCUT2D eigenvalue weighted by molar-refractivity contribution is -0.147. The van der Waals surface area contributed by atoms with Crippen LogP contribution in [0.1, 0.15) is 6.92 Å². The lowest BCUT2D eigenvalue weighted by Crippen LogP contribution is -2.29. The first-order valence-corrected chi connectivity index (χ1v) is 8.07. The summed E-state index contributed by atoms with van der Waals surface area (Å²) in [5.74, 6) is 1.63. The third-order valence-electron chi connectivity index (χ3n) is 3.20. The summed E-state index contributed by atoms with van der Waals surface area (Å²) in [6.45, 7) is 6.26. The number of ether oxygens (including phenoxy) is 4. The van der Waals surface area contributed by atoms with E-state index in [1.165, 1.54) is 0 Å². The van der Waals surface area contributed by atoms with Gasteiger partial charge in [0.25, 0.3) is 0 Å². The maximum absolute atomic E-state index is 11.3. The molecule has 0 aliphatic carbocycles. The number of hydrogen-bond donors (Lipinski definition) is 0. The molecule has 0 amide bonds. The van der Waals surface area contributed by atoms with Crippen molar-refractivity contribution < 1.29 is 23.7 Å². The average molecular weight is 342 g/mol. The van der Waals surface area contributed by atoms with Crippen molar-refractivity contribution >= 4 is 5.97 Å². The molecule has 5 nitrogen and oxygen atoms in total. The van der Waals surface area contributed by atoms with Crippen molar-refractivity contribution in [2.45, 2.75) is 13.0 Å². The van der Waals surface area contributed by atoms with Crippen molar-refractivity contribution in [2.24, 2.45) is 0 Å². The van der Waals surface area contributed by atoms with Gasteiger partial charge in [-0.05, 0) is 43.3 Å². The van der Waals surface area contributed by atoms with Crippen molar-refractivity contribution in [3.05, 3.63) is 67.3 Å². The number of rotatable bonds is 10. The Bertz CT molecular complexity index is 652. The maximum Gasteiger partial charge on any atom is 0.330 e. The minimum absolute atomic E-state index is 0.193. The summed E-state index contributed by atoms with van der Waals surface area (Å²) in [7, 11) is 0. The second-order valence-electron chi connectivity index (χ2n) is 5.12. The third kappa shape index (κ3) is 6.69. The van der Waals surface area contributed by atoms with Crippen LogP contribution in [-0.4, -0.2) is 31.9 Å². The molecule has 2 aromatic rings. The molecule has 25 heavy (non-hydrogen) atoms. The summed E-state index contributed by atoms with van der Waals surface area (Å²) in [6.07, 6.45) is 0.625. The summed E-state index contributed by atoms with van der Waals surface area (Å²) in [6, 6.07) is 16.8. The minimum atomic E-state index is -0.500. The van der Waals surface area contributed by atoms with Gasteiger partial charge in [0.1, 0.15) is 23.9 Å². The van der Waals surface area contributed by atoms with Crippen LogP contribution in [-0.2, 0) is 14.3 Å². The number of carbonyl (C=O) groups is 1. The highest BCUT2D eigenvalue weighted by atomic mass is 16.6. The van der Waals surface area contributed by atoms with E-state index in [1.54, 1.807) is 12.1 Å². The van der Waals surface area contributed by atoms with Crippen LogP contribution in [0.2, 0.25) is 0 Å². The molecule has 132 valence electrons. The first kappa shape index (κ1) is 18.5. The molecule has 0 aliphatic rings. The second kappa shape index (κ2) is 10.2. The number of carbonyl (C=O) groups excluding carboxylic acids is 1. The Morgan fingerprint density at radius 3 is 2.28 bits per heavy atom. The molecular formula is C20H22O5. The van der Waals surface area contributed by atoms with Gasteiger partial charge in [0.05, 0.1) is 6.61 Å². The molecule has 0 aromatic heterocycles. The molecule has 5 heteroatoms. The summed E-state index contributed by atoms with van der Waals surface area (Å²) >= 11 is 0. The fourth-order valence-corrected chi connectivity index (χ4v) is 2.00. The number of hydrogen-bond acceptors (Lipinski definition) is 5. The molecule has 0 aliphatic heterocycles. The Kier molecular flexibility index (Phi) is 7.53. The van der Waals surface area contributed by atoms with Gasteiger partial charge in [-0.3, -0.25) is 0 Å². The first-order valence-electron chi connectivity index (χ1n) is 8.07. The first-order chi connectivity index (χ1) is 12.2. The van der Waals surface area contributed by atoms with Gasteiger partial charge in [0.2, 0.25) is 0 Å². The highest BCUT2D eigenvalue weighted by Crippen LogP contribution is 2.23. The van der Waals surface area contributed by atoms with E-state index >= 15 is 0 Å². The predicted molar refractivity (Wildman–Crippen MR) is 95.0 cm³/mol. The highest BCUT2D eigenvalue weighted by Gasteiger charge is 2.14. The lowest BCUT2D eigenvalue weighted by Gasteiger charge is -2.17. The van der Waals surface area contributed by atoms with Crippen molar-refractivity contribution in [1.29, 1.82) is 0 Å².